The first kappa shape index (κ1) is 18.5. The van der Waals surface area contributed by atoms with Crippen LogP contribution in [-0.4, -0.2) is 34.4 Å². The molecule has 5 nitrogen and oxygen atoms in total. The number of nitrogens with zero attached hydrogens (tertiary/aromatic N) is 2. The minimum absolute atomic E-state index is 0.136. The number of hydrogen-bond donors (Lipinski definition) is 2. The summed E-state index contributed by atoms with van der Waals surface area (Å²) in [6, 6.07) is 0.292. The van der Waals surface area contributed by atoms with Gasteiger partial charge in [-0.05, 0) is 75.0 Å². The molecule has 5 rings (SSSR count). The molecule has 7 heteroatoms. The van der Waals surface area contributed by atoms with Crippen molar-refractivity contribution in [1.29, 1.82) is 0 Å². The lowest BCUT2D eigenvalue weighted by atomic mass is 9.48. The number of hydrogen-bond acceptors (Lipinski definition) is 6. The highest BCUT2D eigenvalue weighted by Gasteiger charge is 2.53. The second kappa shape index (κ2) is 7.66. The lowest BCUT2D eigenvalue weighted by molar-refractivity contribution is -0.123. The van der Waals surface area contributed by atoms with Gasteiger partial charge in [0.1, 0.15) is 0 Å². The van der Waals surface area contributed by atoms with Gasteiger partial charge in [-0.3, -0.25) is 4.79 Å². The Bertz CT molecular complexity index is 612. The van der Waals surface area contributed by atoms with Gasteiger partial charge >= 0.3 is 0 Å². The predicted molar refractivity (Wildman–Crippen MR) is 108 cm³/mol. The van der Waals surface area contributed by atoms with Gasteiger partial charge in [0.2, 0.25) is 11.0 Å². The smallest absolute Gasteiger partial charge is 0.230 e. The maximum atomic E-state index is 12.5. The maximum absolute atomic E-state index is 12.5. The van der Waals surface area contributed by atoms with Gasteiger partial charge in [0.25, 0.3) is 0 Å². The molecule has 4 bridgehead atoms. The second-order valence-electron chi connectivity index (χ2n) is 8.66. The fourth-order valence-corrected chi connectivity index (χ4v) is 7.43. The van der Waals surface area contributed by atoms with Crippen LogP contribution in [0.15, 0.2) is 4.34 Å². The van der Waals surface area contributed by atoms with E-state index in [1.807, 2.05) is 0 Å². The van der Waals surface area contributed by atoms with E-state index in [2.05, 4.69) is 34.7 Å². The number of carbonyl (C=O) groups excluding carboxylic acids is 1. The molecule has 0 aliphatic heterocycles. The molecule has 2 N–H and O–H groups in total. The summed E-state index contributed by atoms with van der Waals surface area (Å²) >= 11 is 3.03. The molecule has 0 spiro atoms. The summed E-state index contributed by atoms with van der Waals surface area (Å²) in [4.78, 5) is 12.5. The third-order valence-corrected chi connectivity index (χ3v) is 8.66. The molecule has 4 saturated carbocycles. The quantitative estimate of drug-likeness (QED) is 0.648. The molecular weight excluding hydrogens is 364 g/mol. The van der Waals surface area contributed by atoms with Crippen molar-refractivity contribution in [2.45, 2.75) is 69.2 Å². The van der Waals surface area contributed by atoms with E-state index in [-0.39, 0.29) is 5.91 Å². The van der Waals surface area contributed by atoms with Crippen molar-refractivity contribution in [3.63, 3.8) is 0 Å². The summed E-state index contributed by atoms with van der Waals surface area (Å²) < 4.78 is 0.862. The number of nitrogens with one attached hydrogen (secondary N) is 2. The van der Waals surface area contributed by atoms with Crippen LogP contribution in [0.1, 0.15) is 58.8 Å². The molecule has 0 aromatic carbocycles. The molecule has 0 saturated heterocycles. The first-order valence-electron chi connectivity index (χ1n) is 10.1. The Balaban J connectivity index is 1.27. The Hall–Kier alpha value is -0.820. The second-order valence-corrected chi connectivity index (χ2v) is 10.9. The van der Waals surface area contributed by atoms with Crippen molar-refractivity contribution < 1.29 is 4.79 Å². The third kappa shape index (κ3) is 3.88. The van der Waals surface area contributed by atoms with Gasteiger partial charge < -0.3 is 10.6 Å². The van der Waals surface area contributed by atoms with E-state index in [1.54, 1.807) is 0 Å². The van der Waals surface area contributed by atoms with Gasteiger partial charge in [-0.25, -0.2) is 0 Å². The first-order valence-corrected chi connectivity index (χ1v) is 11.9. The van der Waals surface area contributed by atoms with Crippen LogP contribution in [0.5, 0.6) is 0 Å². The van der Waals surface area contributed by atoms with E-state index in [0.717, 1.165) is 40.2 Å². The third-order valence-electron chi connectivity index (χ3n) is 6.64. The number of carbonyl (C=O) groups is 1. The van der Waals surface area contributed by atoms with E-state index in [9.17, 15) is 4.79 Å². The molecule has 26 heavy (non-hydrogen) atoms. The molecule has 1 amide bonds. The Kier molecular flexibility index (Phi) is 5.46. The first-order chi connectivity index (χ1) is 12.6. The van der Waals surface area contributed by atoms with Crippen LogP contribution in [-0.2, 0) is 4.79 Å². The fraction of sp³-hybridized carbons (Fsp3) is 0.842. The average Bonchev–Trinajstić information content (AvgIpc) is 3.05. The summed E-state index contributed by atoms with van der Waals surface area (Å²) in [5.74, 6) is 3.33. The predicted octanol–water partition coefficient (Wildman–Crippen LogP) is 4.17. The zero-order valence-corrected chi connectivity index (χ0v) is 17.4. The van der Waals surface area contributed by atoms with Crippen molar-refractivity contribution in [3.05, 3.63) is 0 Å². The van der Waals surface area contributed by atoms with Crippen molar-refractivity contribution in [2.24, 2.45) is 23.2 Å². The minimum Gasteiger partial charge on any atom is -0.360 e. The van der Waals surface area contributed by atoms with Gasteiger partial charge in [0.05, 0.1) is 5.75 Å². The highest BCUT2D eigenvalue weighted by atomic mass is 32.2. The van der Waals surface area contributed by atoms with Crippen LogP contribution in [0.3, 0.4) is 0 Å². The van der Waals surface area contributed by atoms with Crippen LogP contribution in [0.2, 0.25) is 0 Å². The monoisotopic (exact) mass is 394 g/mol. The Morgan fingerprint density at radius 1 is 1.23 bits per heavy atom. The van der Waals surface area contributed by atoms with Crippen molar-refractivity contribution in [1.82, 2.24) is 15.5 Å². The normalized spacial score (nSPS) is 33.2. The van der Waals surface area contributed by atoms with E-state index in [0.29, 0.717) is 17.2 Å². The van der Waals surface area contributed by atoms with E-state index in [1.165, 1.54) is 61.6 Å². The minimum atomic E-state index is 0.136. The van der Waals surface area contributed by atoms with E-state index in [4.69, 9.17) is 0 Å². The fourth-order valence-electron chi connectivity index (χ4n) is 5.84. The van der Waals surface area contributed by atoms with Crippen LogP contribution >= 0.6 is 23.1 Å². The molecule has 1 aromatic heterocycles. The number of thioether (sulfide) groups is 1. The molecule has 1 heterocycles. The number of aromatic nitrogens is 2. The lowest BCUT2D eigenvalue weighted by Crippen LogP contribution is -2.56. The molecule has 0 radical (unpaired) electrons. The maximum Gasteiger partial charge on any atom is 0.230 e. The zero-order chi connectivity index (χ0) is 18.1. The van der Waals surface area contributed by atoms with E-state index < -0.39 is 0 Å². The van der Waals surface area contributed by atoms with Crippen LogP contribution < -0.4 is 10.6 Å². The molecule has 144 valence electrons. The Morgan fingerprint density at radius 3 is 2.50 bits per heavy atom. The number of anilines is 1. The van der Waals surface area contributed by atoms with E-state index >= 15 is 0 Å². The topological polar surface area (TPSA) is 66.9 Å². The van der Waals surface area contributed by atoms with Gasteiger partial charge in [0, 0.05) is 12.6 Å². The molecular formula is C19H30N4OS2. The van der Waals surface area contributed by atoms with Crippen LogP contribution in [0.25, 0.3) is 0 Å². The van der Waals surface area contributed by atoms with Crippen LogP contribution in [0.4, 0.5) is 5.13 Å². The van der Waals surface area contributed by atoms with Crippen molar-refractivity contribution in [2.75, 3.05) is 17.6 Å². The Labute approximate surface area is 164 Å². The molecule has 4 aliphatic rings. The van der Waals surface area contributed by atoms with Gasteiger partial charge in [-0.15, -0.1) is 10.2 Å². The number of amides is 1. The van der Waals surface area contributed by atoms with Gasteiger partial charge in [-0.2, -0.15) is 0 Å². The molecule has 0 unspecified atom stereocenters. The molecule has 4 aliphatic carbocycles. The standard InChI is InChI=1S/C19H30N4OS2/c1-3-4-20-17-22-23-18(26-17)25-11-16(24)21-12(2)19-8-13-5-14(9-19)7-15(6-13)10-19/h12-15H,3-11H2,1-2H3,(H,20,22)(H,21,24)/t12-,13?,14?,15?,19?/m1/s1. The largest absolute Gasteiger partial charge is 0.360 e. The van der Waals surface area contributed by atoms with Crippen molar-refractivity contribution >= 4 is 34.1 Å². The summed E-state index contributed by atoms with van der Waals surface area (Å²) in [7, 11) is 0. The summed E-state index contributed by atoms with van der Waals surface area (Å²) in [5.41, 5.74) is 0.370. The summed E-state index contributed by atoms with van der Waals surface area (Å²) in [5, 5.41) is 15.7. The van der Waals surface area contributed by atoms with Crippen molar-refractivity contribution in [3.8, 4) is 0 Å². The average molecular weight is 395 g/mol. The summed E-state index contributed by atoms with van der Waals surface area (Å²) in [6.07, 6.45) is 9.39. The summed E-state index contributed by atoms with van der Waals surface area (Å²) in [6.45, 7) is 5.27. The highest BCUT2D eigenvalue weighted by Crippen LogP contribution is 2.61. The van der Waals surface area contributed by atoms with Gasteiger partial charge in [-0.1, -0.05) is 30.0 Å². The number of rotatable bonds is 8. The molecule has 1 atom stereocenters. The lowest BCUT2D eigenvalue weighted by Gasteiger charge is -2.59. The van der Waals surface area contributed by atoms with Gasteiger partial charge in [0.15, 0.2) is 4.34 Å². The highest BCUT2D eigenvalue weighted by molar-refractivity contribution is 8.01. The Morgan fingerprint density at radius 2 is 1.88 bits per heavy atom. The molecule has 4 fully saturated rings. The SMILES string of the molecule is CCCNc1nnc(SCC(=O)N[C@H](C)C23CC4CC(CC(C4)C2)C3)s1. The zero-order valence-electron chi connectivity index (χ0n) is 15.8. The van der Waals surface area contributed by atoms with Crippen LogP contribution in [0, 0.1) is 23.2 Å². The molecule has 1 aromatic rings.